The highest BCUT2D eigenvalue weighted by atomic mass is 79.9. The van der Waals surface area contributed by atoms with E-state index in [1.54, 1.807) is 17.1 Å². The number of ether oxygens (including phenoxy) is 1. The summed E-state index contributed by atoms with van der Waals surface area (Å²) < 4.78 is 4.52. The van der Waals surface area contributed by atoms with E-state index in [2.05, 4.69) is 56.2 Å². The van der Waals surface area contributed by atoms with E-state index in [1.807, 2.05) is 6.08 Å². The second kappa shape index (κ2) is 16.4. The van der Waals surface area contributed by atoms with Gasteiger partial charge < -0.3 is 9.84 Å². The maximum Gasteiger partial charge on any atom is 0.305 e. The lowest BCUT2D eigenvalue weighted by Crippen LogP contribution is -2.01. The number of carbonyl (C=O) groups excluding carboxylic acids is 1. The molecule has 122 valence electrons. The van der Waals surface area contributed by atoms with Gasteiger partial charge in [-0.15, -0.1) is 0 Å². The van der Waals surface area contributed by atoms with Crippen LogP contribution in [0.2, 0.25) is 0 Å². The van der Waals surface area contributed by atoms with Gasteiger partial charge in [-0.25, -0.2) is 0 Å². The normalized spacial score (nSPS) is 10.9. The molecule has 0 rings (SSSR count). The van der Waals surface area contributed by atoms with Crippen LogP contribution in [0.3, 0.4) is 0 Å². The number of methoxy groups -OCH3 is 1. The van der Waals surface area contributed by atoms with Gasteiger partial charge in [0.25, 0.3) is 0 Å². The first kappa shape index (κ1) is 21.1. The van der Waals surface area contributed by atoms with Gasteiger partial charge in [0.05, 0.1) is 7.11 Å². The smallest absolute Gasteiger partial charge is 0.305 e. The molecule has 0 aliphatic carbocycles. The lowest BCUT2D eigenvalue weighted by Gasteiger charge is -1.99. The predicted molar refractivity (Wildman–Crippen MR) is 96.3 cm³/mol. The number of rotatable bonds is 7. The van der Waals surface area contributed by atoms with Gasteiger partial charge in [-0.05, 0) is 54.7 Å². The van der Waals surface area contributed by atoms with Crippen LogP contribution in [-0.2, 0) is 9.53 Å². The highest BCUT2D eigenvalue weighted by molar-refractivity contribution is 9.11. The van der Waals surface area contributed by atoms with Crippen molar-refractivity contribution in [3.8, 4) is 35.5 Å². The van der Waals surface area contributed by atoms with Crippen molar-refractivity contribution in [2.24, 2.45) is 0 Å². The van der Waals surface area contributed by atoms with Gasteiger partial charge in [0.2, 0.25) is 0 Å². The van der Waals surface area contributed by atoms with Crippen molar-refractivity contribution in [2.45, 2.75) is 44.6 Å². The molecule has 0 bridgehead atoms. The van der Waals surface area contributed by atoms with Crippen molar-refractivity contribution < 1.29 is 14.6 Å². The van der Waals surface area contributed by atoms with Gasteiger partial charge in [-0.2, -0.15) is 0 Å². The van der Waals surface area contributed by atoms with Gasteiger partial charge in [-0.1, -0.05) is 45.7 Å². The second-order valence-corrected chi connectivity index (χ2v) is 4.96. The standard InChI is InChI=1S/C19H21BrO3/c1-23-19(22)16-12-8-5-7-11-15-18(21)14-10-6-3-2-4-9-13-17-20/h2-3,13,17-18,21H,6,8,10,12,14,16H2,1H3. The largest absolute Gasteiger partial charge is 0.469 e. The summed E-state index contributed by atoms with van der Waals surface area (Å²) in [5.74, 6) is 16.3. The quantitative estimate of drug-likeness (QED) is 0.421. The monoisotopic (exact) mass is 376 g/mol. The van der Waals surface area contributed by atoms with Crippen LogP contribution in [0.4, 0.5) is 0 Å². The van der Waals surface area contributed by atoms with Crippen LogP contribution in [0.1, 0.15) is 38.5 Å². The lowest BCUT2D eigenvalue weighted by atomic mass is 10.1. The molecule has 4 heteroatoms. The lowest BCUT2D eigenvalue weighted by molar-refractivity contribution is -0.140. The van der Waals surface area contributed by atoms with Gasteiger partial charge in [0, 0.05) is 12.8 Å². The minimum absolute atomic E-state index is 0.229. The Kier molecular flexibility index (Phi) is 15.1. The number of allylic oxidation sites excluding steroid dienone is 3. The van der Waals surface area contributed by atoms with Gasteiger partial charge in [0.1, 0.15) is 6.10 Å². The number of halogens is 1. The van der Waals surface area contributed by atoms with Crippen LogP contribution in [0.15, 0.2) is 23.2 Å². The molecule has 0 aromatic heterocycles. The Morgan fingerprint density at radius 1 is 1.26 bits per heavy atom. The van der Waals surface area contributed by atoms with E-state index in [0.717, 1.165) is 12.8 Å². The Morgan fingerprint density at radius 2 is 2.04 bits per heavy atom. The highest BCUT2D eigenvalue weighted by Crippen LogP contribution is 2.00. The van der Waals surface area contributed by atoms with Crippen molar-refractivity contribution >= 4 is 21.9 Å². The molecule has 23 heavy (non-hydrogen) atoms. The van der Waals surface area contributed by atoms with Crippen LogP contribution in [0, 0.1) is 35.5 Å². The number of aliphatic hydroxyl groups is 1. The molecule has 0 aromatic carbocycles. The van der Waals surface area contributed by atoms with Crippen molar-refractivity contribution in [2.75, 3.05) is 7.11 Å². The minimum atomic E-state index is -0.657. The van der Waals surface area contributed by atoms with Crippen LogP contribution in [0.5, 0.6) is 0 Å². The summed E-state index contributed by atoms with van der Waals surface area (Å²) in [4.78, 5) is 12.6. The third kappa shape index (κ3) is 16.3. The molecule has 3 nitrogen and oxygen atoms in total. The molecule has 0 aromatic rings. The Balaban J connectivity index is 3.77. The number of esters is 1. The fourth-order valence-corrected chi connectivity index (χ4v) is 1.55. The summed E-state index contributed by atoms with van der Waals surface area (Å²) in [6, 6.07) is 0. The SMILES string of the molecule is COC(=O)CCCC#CC#CC(O)CCCC=CC#CC=CBr. The fraction of sp³-hybridized carbons (Fsp3) is 0.421. The molecular formula is C19H21BrO3. The fourth-order valence-electron chi connectivity index (χ4n) is 1.42. The Morgan fingerprint density at radius 3 is 2.78 bits per heavy atom. The molecular weight excluding hydrogens is 356 g/mol. The number of hydrogen-bond donors (Lipinski definition) is 1. The van der Waals surface area contributed by atoms with E-state index in [-0.39, 0.29) is 5.97 Å². The highest BCUT2D eigenvalue weighted by Gasteiger charge is 1.97. The summed E-state index contributed by atoms with van der Waals surface area (Å²) in [7, 11) is 1.37. The molecule has 0 spiro atoms. The first-order chi connectivity index (χ1) is 11.2. The molecule has 0 aliphatic rings. The van der Waals surface area contributed by atoms with Gasteiger partial charge in [-0.3, -0.25) is 4.79 Å². The van der Waals surface area contributed by atoms with Crippen molar-refractivity contribution in [3.05, 3.63) is 23.2 Å². The zero-order valence-electron chi connectivity index (χ0n) is 13.3. The minimum Gasteiger partial charge on any atom is -0.469 e. The summed E-state index contributed by atoms with van der Waals surface area (Å²) >= 11 is 3.13. The average molecular weight is 377 g/mol. The summed E-state index contributed by atoms with van der Waals surface area (Å²) in [6.07, 6.45) is 8.73. The predicted octanol–water partition coefficient (Wildman–Crippen LogP) is 3.34. The molecule has 0 aliphatic heterocycles. The van der Waals surface area contributed by atoms with Crippen LogP contribution in [-0.4, -0.2) is 24.3 Å². The molecule has 1 unspecified atom stereocenters. The Hall–Kier alpha value is -1.93. The van der Waals surface area contributed by atoms with E-state index in [1.165, 1.54) is 7.11 Å². The third-order valence-corrected chi connectivity index (χ3v) is 2.84. The van der Waals surface area contributed by atoms with Crippen molar-refractivity contribution in [1.29, 1.82) is 0 Å². The summed E-state index contributed by atoms with van der Waals surface area (Å²) in [5.41, 5.74) is 0. The van der Waals surface area contributed by atoms with Gasteiger partial charge in [0.15, 0.2) is 0 Å². The summed E-state index contributed by atoms with van der Waals surface area (Å²) in [5, 5.41) is 9.66. The maximum absolute atomic E-state index is 10.9. The number of carbonyl (C=O) groups is 1. The zero-order valence-corrected chi connectivity index (χ0v) is 14.9. The Bertz CT molecular complexity index is 571. The molecule has 0 radical (unpaired) electrons. The molecule has 0 fully saturated rings. The van der Waals surface area contributed by atoms with Crippen LogP contribution < -0.4 is 0 Å². The molecule has 0 heterocycles. The average Bonchev–Trinajstić information content (AvgIpc) is 2.56. The molecule has 0 saturated heterocycles. The van der Waals surface area contributed by atoms with Crippen molar-refractivity contribution in [1.82, 2.24) is 0 Å². The first-order valence-corrected chi connectivity index (χ1v) is 8.26. The zero-order chi connectivity index (χ0) is 17.2. The van der Waals surface area contributed by atoms with Crippen LogP contribution >= 0.6 is 15.9 Å². The molecule has 1 N–H and O–H groups in total. The number of unbranched alkanes of at least 4 members (excludes halogenated alkanes) is 2. The van der Waals surface area contributed by atoms with Gasteiger partial charge >= 0.3 is 5.97 Å². The van der Waals surface area contributed by atoms with E-state index in [9.17, 15) is 9.90 Å². The number of aliphatic hydroxyl groups excluding tert-OH is 1. The third-order valence-electron chi connectivity index (χ3n) is 2.58. The van der Waals surface area contributed by atoms with E-state index >= 15 is 0 Å². The maximum atomic E-state index is 10.9. The van der Waals surface area contributed by atoms with Crippen molar-refractivity contribution in [3.63, 3.8) is 0 Å². The molecule has 1 atom stereocenters. The van der Waals surface area contributed by atoms with E-state index in [4.69, 9.17) is 0 Å². The topological polar surface area (TPSA) is 46.5 Å². The number of hydrogen-bond acceptors (Lipinski definition) is 3. The summed E-state index contributed by atoms with van der Waals surface area (Å²) in [6.45, 7) is 0. The second-order valence-electron chi connectivity index (χ2n) is 4.43. The van der Waals surface area contributed by atoms with Crippen LogP contribution in [0.25, 0.3) is 0 Å². The van der Waals surface area contributed by atoms with E-state index in [0.29, 0.717) is 25.7 Å². The van der Waals surface area contributed by atoms with E-state index < -0.39 is 6.10 Å². The first-order valence-electron chi connectivity index (χ1n) is 7.35. The Labute approximate surface area is 147 Å². The molecule has 0 saturated carbocycles. The molecule has 0 amide bonds.